The van der Waals surface area contributed by atoms with Crippen LogP contribution in [0.15, 0.2) is 46.9 Å². The molecule has 6 heteroatoms. The molecule has 2 atom stereocenters. The van der Waals surface area contributed by atoms with Gasteiger partial charge in [-0.3, -0.25) is 14.5 Å². The van der Waals surface area contributed by atoms with Gasteiger partial charge in [-0.1, -0.05) is 33.6 Å². The lowest BCUT2D eigenvalue weighted by atomic mass is 10.0. The van der Waals surface area contributed by atoms with E-state index in [0.29, 0.717) is 0 Å². The van der Waals surface area contributed by atoms with Crippen molar-refractivity contribution in [1.82, 2.24) is 0 Å². The van der Waals surface area contributed by atoms with Gasteiger partial charge in [0.2, 0.25) is 10.8 Å². The van der Waals surface area contributed by atoms with E-state index in [1.165, 1.54) is 11.8 Å². The van der Waals surface area contributed by atoms with Crippen LogP contribution in [0.2, 0.25) is 0 Å². The molecule has 2 heterocycles. The number of hydrogen-bond acceptors (Lipinski definition) is 3. The summed E-state index contributed by atoms with van der Waals surface area (Å²) < 4.78 is 0.930. The molecule has 1 spiro atoms. The summed E-state index contributed by atoms with van der Waals surface area (Å²) in [6.45, 7) is 3.85. The van der Waals surface area contributed by atoms with Crippen LogP contribution in [-0.2, 0) is 14.5 Å². The van der Waals surface area contributed by atoms with E-state index in [9.17, 15) is 9.59 Å². The number of hydrogen-bond donors (Lipinski definition) is 1. The first kappa shape index (κ1) is 15.7. The number of rotatable bonds is 1. The van der Waals surface area contributed by atoms with E-state index in [-0.39, 0.29) is 17.1 Å². The van der Waals surface area contributed by atoms with Crippen LogP contribution in [-0.4, -0.2) is 17.1 Å². The monoisotopic (exact) mass is 402 g/mol. The molecule has 122 valence electrons. The van der Waals surface area contributed by atoms with Crippen LogP contribution >= 0.6 is 27.7 Å². The molecular weight excluding hydrogens is 388 g/mol. The van der Waals surface area contributed by atoms with Crippen LogP contribution < -0.4 is 10.2 Å². The average molecular weight is 403 g/mol. The second-order valence-corrected chi connectivity index (χ2v) is 8.51. The van der Waals surface area contributed by atoms with Crippen LogP contribution in [0.25, 0.3) is 0 Å². The highest BCUT2D eigenvalue weighted by molar-refractivity contribution is 9.10. The SMILES string of the molecule is Cc1ccc2c(c1)[C@]1(S[C@H](C)C(=O)N1c1ccc(Br)cc1)C(=O)N2. The quantitative estimate of drug-likeness (QED) is 0.782. The van der Waals surface area contributed by atoms with Crippen molar-refractivity contribution in [3.05, 3.63) is 58.1 Å². The number of nitrogens with one attached hydrogen (secondary N) is 1. The molecule has 1 saturated heterocycles. The predicted molar refractivity (Wildman–Crippen MR) is 100 cm³/mol. The summed E-state index contributed by atoms with van der Waals surface area (Å²) in [5.41, 5.74) is 3.43. The van der Waals surface area contributed by atoms with Gasteiger partial charge in [-0.15, -0.1) is 11.8 Å². The Bertz CT molecular complexity index is 868. The van der Waals surface area contributed by atoms with Crippen molar-refractivity contribution in [3.8, 4) is 0 Å². The molecule has 1 fully saturated rings. The van der Waals surface area contributed by atoms with Crippen molar-refractivity contribution in [2.24, 2.45) is 0 Å². The minimum Gasteiger partial charge on any atom is -0.323 e. The first-order valence-corrected chi connectivity index (χ1v) is 9.31. The van der Waals surface area contributed by atoms with Gasteiger partial charge in [0.15, 0.2) is 0 Å². The van der Waals surface area contributed by atoms with Crippen LogP contribution in [0.3, 0.4) is 0 Å². The Morgan fingerprint density at radius 1 is 1.17 bits per heavy atom. The van der Waals surface area contributed by atoms with Gasteiger partial charge in [0.25, 0.3) is 5.91 Å². The topological polar surface area (TPSA) is 49.4 Å². The molecule has 4 nitrogen and oxygen atoms in total. The van der Waals surface area contributed by atoms with Crippen LogP contribution in [0, 0.1) is 6.92 Å². The van der Waals surface area contributed by atoms with Crippen molar-refractivity contribution in [3.63, 3.8) is 0 Å². The second kappa shape index (κ2) is 5.36. The molecule has 0 saturated carbocycles. The van der Waals surface area contributed by atoms with Gasteiger partial charge in [-0.25, -0.2) is 0 Å². The first-order valence-electron chi connectivity index (χ1n) is 7.63. The number of thioether (sulfide) groups is 1. The first-order chi connectivity index (χ1) is 11.4. The zero-order valence-corrected chi connectivity index (χ0v) is 15.6. The number of fused-ring (bicyclic) bond motifs is 2. The van der Waals surface area contributed by atoms with Gasteiger partial charge in [0, 0.05) is 21.4 Å². The number of halogens is 1. The van der Waals surface area contributed by atoms with E-state index >= 15 is 0 Å². The fourth-order valence-electron chi connectivity index (χ4n) is 3.31. The fraction of sp³-hybridized carbons (Fsp3) is 0.222. The van der Waals surface area contributed by atoms with E-state index in [1.54, 1.807) is 4.90 Å². The van der Waals surface area contributed by atoms with E-state index in [4.69, 9.17) is 0 Å². The third-order valence-corrected chi connectivity index (χ3v) is 6.42. The molecule has 0 unspecified atom stereocenters. The maximum atomic E-state index is 13.0. The van der Waals surface area contributed by atoms with Crippen molar-refractivity contribution >= 4 is 50.9 Å². The molecule has 2 aliphatic heterocycles. The summed E-state index contributed by atoms with van der Waals surface area (Å²) in [6, 6.07) is 13.4. The lowest BCUT2D eigenvalue weighted by Gasteiger charge is -2.32. The zero-order valence-electron chi connectivity index (χ0n) is 13.2. The minimum atomic E-state index is -1.04. The van der Waals surface area contributed by atoms with E-state index in [2.05, 4.69) is 21.2 Å². The largest absolute Gasteiger partial charge is 0.323 e. The Hall–Kier alpha value is -1.79. The predicted octanol–water partition coefficient (Wildman–Crippen LogP) is 4.03. The average Bonchev–Trinajstić information content (AvgIpc) is 2.97. The highest BCUT2D eigenvalue weighted by Crippen LogP contribution is 2.56. The van der Waals surface area contributed by atoms with Crippen molar-refractivity contribution < 1.29 is 9.59 Å². The Morgan fingerprint density at radius 2 is 1.88 bits per heavy atom. The summed E-state index contributed by atoms with van der Waals surface area (Å²) in [5, 5.41) is 2.66. The number of carbonyl (C=O) groups excluding carboxylic acids is 2. The van der Waals surface area contributed by atoms with Crippen LogP contribution in [0.4, 0.5) is 11.4 Å². The maximum absolute atomic E-state index is 13.0. The lowest BCUT2D eigenvalue weighted by molar-refractivity contribution is -0.122. The second-order valence-electron chi connectivity index (χ2n) is 6.06. The maximum Gasteiger partial charge on any atom is 0.266 e. The molecule has 2 aliphatic rings. The number of carbonyl (C=O) groups is 2. The van der Waals surface area contributed by atoms with E-state index < -0.39 is 4.87 Å². The standard InChI is InChI=1S/C18H15BrN2O2S/c1-10-3-8-15-14(9-10)18(17(23)20-15)21(16(22)11(2)24-18)13-6-4-12(19)5-7-13/h3-9,11H,1-2H3,(H,20,23)/t11-,18+/m1/s1. The number of nitrogens with zero attached hydrogens (tertiary/aromatic N) is 1. The van der Waals surface area contributed by atoms with Crippen molar-refractivity contribution in [1.29, 1.82) is 0 Å². The smallest absolute Gasteiger partial charge is 0.266 e. The van der Waals surface area contributed by atoms with Crippen LogP contribution in [0.1, 0.15) is 18.1 Å². The Kier molecular flexibility index (Phi) is 3.51. The Balaban J connectivity index is 1.95. The number of benzene rings is 2. The van der Waals surface area contributed by atoms with Gasteiger partial charge in [0.05, 0.1) is 5.25 Å². The Morgan fingerprint density at radius 3 is 2.58 bits per heavy atom. The summed E-state index contributed by atoms with van der Waals surface area (Å²) in [6.07, 6.45) is 0. The molecule has 1 N–H and O–H groups in total. The van der Waals surface area contributed by atoms with Gasteiger partial charge in [0.1, 0.15) is 0 Å². The van der Waals surface area contributed by atoms with E-state index in [1.807, 2.05) is 56.3 Å². The van der Waals surface area contributed by atoms with E-state index in [0.717, 1.165) is 27.0 Å². The minimum absolute atomic E-state index is 0.0492. The number of aryl methyl sites for hydroxylation is 1. The van der Waals surface area contributed by atoms with Gasteiger partial charge >= 0.3 is 0 Å². The molecule has 0 radical (unpaired) electrons. The highest BCUT2D eigenvalue weighted by Gasteiger charge is 2.60. The molecule has 4 rings (SSSR count). The molecule has 2 amide bonds. The lowest BCUT2D eigenvalue weighted by Crippen LogP contribution is -2.47. The third-order valence-electron chi connectivity index (χ3n) is 4.41. The summed E-state index contributed by atoms with van der Waals surface area (Å²) in [4.78, 5) is 26.5. The fourth-order valence-corrected chi connectivity index (χ4v) is 5.05. The molecule has 0 aliphatic carbocycles. The molecular formula is C18H15BrN2O2S. The number of amides is 2. The molecule has 2 aromatic carbocycles. The van der Waals surface area contributed by atoms with Crippen molar-refractivity contribution in [2.45, 2.75) is 24.0 Å². The molecule has 2 aromatic rings. The van der Waals surface area contributed by atoms with Crippen LogP contribution in [0.5, 0.6) is 0 Å². The highest BCUT2D eigenvalue weighted by atomic mass is 79.9. The van der Waals surface area contributed by atoms with Crippen molar-refractivity contribution in [2.75, 3.05) is 10.2 Å². The normalized spacial score (nSPS) is 25.3. The molecule has 0 aromatic heterocycles. The third kappa shape index (κ3) is 2.06. The molecule has 24 heavy (non-hydrogen) atoms. The number of anilines is 2. The van der Waals surface area contributed by atoms with Gasteiger partial charge < -0.3 is 5.32 Å². The summed E-state index contributed by atoms with van der Waals surface area (Å²) in [7, 11) is 0. The molecule has 0 bridgehead atoms. The summed E-state index contributed by atoms with van der Waals surface area (Å²) in [5.74, 6) is -0.208. The Labute approximate surface area is 152 Å². The zero-order chi connectivity index (χ0) is 17.1. The van der Waals surface area contributed by atoms with Gasteiger partial charge in [-0.05, 0) is 44.2 Å². The van der Waals surface area contributed by atoms with Gasteiger partial charge in [-0.2, -0.15) is 0 Å². The summed E-state index contributed by atoms with van der Waals surface area (Å²) >= 11 is 4.82.